The van der Waals surface area contributed by atoms with Crippen LogP contribution in [-0.4, -0.2) is 15.6 Å². The SMILES string of the molecule is CC(C)n1cc(/C=C2/SC(=Nc3ccccc3)N(c3ccccc3)C2=O)c2ccccc21. The van der Waals surface area contributed by atoms with Gasteiger partial charge in [0.25, 0.3) is 5.91 Å². The predicted octanol–water partition coefficient (Wildman–Crippen LogP) is 7.03. The van der Waals surface area contributed by atoms with E-state index in [4.69, 9.17) is 4.99 Å². The molecule has 0 spiro atoms. The van der Waals surface area contributed by atoms with Gasteiger partial charge < -0.3 is 4.57 Å². The summed E-state index contributed by atoms with van der Waals surface area (Å²) in [5, 5.41) is 1.80. The maximum absolute atomic E-state index is 13.5. The molecule has 0 N–H and O–H groups in total. The van der Waals surface area contributed by atoms with Crippen LogP contribution >= 0.6 is 11.8 Å². The van der Waals surface area contributed by atoms with E-state index in [-0.39, 0.29) is 5.91 Å². The molecule has 0 atom stereocenters. The Bertz CT molecular complexity index is 1340. The first kappa shape index (κ1) is 20.3. The number of carbonyl (C=O) groups is 1. The van der Waals surface area contributed by atoms with Crippen molar-refractivity contribution in [2.24, 2.45) is 4.99 Å². The van der Waals surface area contributed by atoms with Crippen molar-refractivity contribution in [3.63, 3.8) is 0 Å². The van der Waals surface area contributed by atoms with E-state index >= 15 is 0 Å². The van der Waals surface area contributed by atoms with Crippen molar-refractivity contribution in [1.82, 2.24) is 4.57 Å². The van der Waals surface area contributed by atoms with Crippen molar-refractivity contribution in [2.45, 2.75) is 19.9 Å². The van der Waals surface area contributed by atoms with Gasteiger partial charge in [0, 0.05) is 28.7 Å². The lowest BCUT2D eigenvalue weighted by atomic mass is 10.1. The van der Waals surface area contributed by atoms with Gasteiger partial charge in [-0.3, -0.25) is 9.69 Å². The Hall–Kier alpha value is -3.57. The molecule has 0 saturated carbocycles. The largest absolute Gasteiger partial charge is 0.344 e. The minimum atomic E-state index is -0.0581. The Labute approximate surface area is 191 Å². The Morgan fingerprint density at radius 1 is 0.875 bits per heavy atom. The standard InChI is InChI=1S/C27H23N3OS/c1-19(2)29-18-20(23-15-9-10-16-24(23)29)17-25-26(31)30(22-13-7-4-8-14-22)27(32-25)28-21-11-5-3-6-12-21/h3-19H,1-2H3/b25-17+,28-27?. The Morgan fingerprint density at radius 2 is 1.53 bits per heavy atom. The molecule has 0 radical (unpaired) electrons. The number of para-hydroxylation sites is 3. The van der Waals surface area contributed by atoms with Gasteiger partial charge in [0.15, 0.2) is 5.17 Å². The minimum absolute atomic E-state index is 0.0581. The summed E-state index contributed by atoms with van der Waals surface area (Å²) in [6, 6.07) is 28.1. The number of aliphatic imine (C=N–C) groups is 1. The third-order valence-electron chi connectivity index (χ3n) is 5.42. The van der Waals surface area contributed by atoms with Crippen molar-refractivity contribution < 1.29 is 4.79 Å². The highest BCUT2D eigenvalue weighted by molar-refractivity contribution is 8.19. The Balaban J connectivity index is 1.62. The van der Waals surface area contributed by atoms with Crippen LogP contribution in [0.2, 0.25) is 0 Å². The molecule has 1 saturated heterocycles. The van der Waals surface area contributed by atoms with Gasteiger partial charge in [-0.2, -0.15) is 0 Å². The average molecular weight is 438 g/mol. The van der Waals surface area contributed by atoms with E-state index in [2.05, 4.69) is 42.8 Å². The first-order valence-electron chi connectivity index (χ1n) is 10.6. The molecule has 4 nitrogen and oxygen atoms in total. The number of fused-ring (bicyclic) bond motifs is 1. The first-order valence-corrected chi connectivity index (χ1v) is 11.5. The van der Waals surface area contributed by atoms with Gasteiger partial charge in [0.2, 0.25) is 0 Å². The third-order valence-corrected chi connectivity index (χ3v) is 6.38. The molecule has 158 valence electrons. The molecule has 2 heterocycles. The number of benzene rings is 3. The molecule has 3 aromatic carbocycles. The number of hydrogen-bond donors (Lipinski definition) is 0. The van der Waals surface area contributed by atoms with Gasteiger partial charge >= 0.3 is 0 Å². The van der Waals surface area contributed by atoms with E-state index in [0.717, 1.165) is 22.3 Å². The minimum Gasteiger partial charge on any atom is -0.344 e. The van der Waals surface area contributed by atoms with Crippen LogP contribution in [0.15, 0.2) is 101 Å². The fraction of sp³-hybridized carbons (Fsp3) is 0.111. The maximum Gasteiger partial charge on any atom is 0.271 e. The van der Waals surface area contributed by atoms with Crippen LogP contribution in [0.1, 0.15) is 25.5 Å². The molecule has 5 heteroatoms. The van der Waals surface area contributed by atoms with Crippen LogP contribution in [-0.2, 0) is 4.79 Å². The second-order valence-corrected chi connectivity index (χ2v) is 8.93. The monoisotopic (exact) mass is 437 g/mol. The molecule has 1 aromatic heterocycles. The van der Waals surface area contributed by atoms with Crippen LogP contribution < -0.4 is 4.90 Å². The first-order chi connectivity index (χ1) is 15.6. The van der Waals surface area contributed by atoms with Crippen molar-refractivity contribution in [3.05, 3.63) is 102 Å². The lowest BCUT2D eigenvalue weighted by Gasteiger charge is -2.15. The second kappa shape index (κ2) is 8.52. The van der Waals surface area contributed by atoms with E-state index in [1.807, 2.05) is 72.8 Å². The van der Waals surface area contributed by atoms with Crippen molar-refractivity contribution in [2.75, 3.05) is 4.90 Å². The number of rotatable bonds is 4. The zero-order chi connectivity index (χ0) is 22.1. The summed E-state index contributed by atoms with van der Waals surface area (Å²) in [4.78, 5) is 20.7. The van der Waals surface area contributed by atoms with Crippen molar-refractivity contribution in [3.8, 4) is 0 Å². The summed E-state index contributed by atoms with van der Waals surface area (Å²) < 4.78 is 2.25. The van der Waals surface area contributed by atoms with Crippen LogP contribution in [0.3, 0.4) is 0 Å². The van der Waals surface area contributed by atoms with Crippen LogP contribution in [0.25, 0.3) is 17.0 Å². The van der Waals surface area contributed by atoms with E-state index in [0.29, 0.717) is 16.1 Å². The number of anilines is 1. The van der Waals surface area contributed by atoms with E-state index in [9.17, 15) is 4.79 Å². The number of nitrogens with zero attached hydrogens (tertiary/aromatic N) is 3. The number of aromatic nitrogens is 1. The maximum atomic E-state index is 13.5. The fourth-order valence-corrected chi connectivity index (χ4v) is 4.87. The molecule has 1 amide bonds. The average Bonchev–Trinajstić information content (AvgIpc) is 3.33. The van der Waals surface area contributed by atoms with Crippen molar-refractivity contribution in [1.29, 1.82) is 0 Å². The lowest BCUT2D eigenvalue weighted by Crippen LogP contribution is -2.28. The quantitative estimate of drug-likeness (QED) is 0.321. The molecule has 0 aliphatic carbocycles. The summed E-state index contributed by atoms with van der Waals surface area (Å²) in [5.41, 5.74) is 3.84. The topological polar surface area (TPSA) is 37.6 Å². The molecular formula is C27H23N3OS. The molecule has 1 aliphatic heterocycles. The van der Waals surface area contributed by atoms with Crippen LogP contribution in [0.5, 0.6) is 0 Å². The molecule has 1 aliphatic rings. The highest BCUT2D eigenvalue weighted by Crippen LogP contribution is 2.38. The zero-order valence-electron chi connectivity index (χ0n) is 18.0. The Morgan fingerprint density at radius 3 is 2.25 bits per heavy atom. The van der Waals surface area contributed by atoms with E-state index in [1.165, 1.54) is 17.3 Å². The summed E-state index contributed by atoms with van der Waals surface area (Å²) in [6.45, 7) is 4.33. The number of carbonyl (C=O) groups excluding carboxylic acids is 1. The van der Waals surface area contributed by atoms with Gasteiger partial charge in [-0.15, -0.1) is 0 Å². The lowest BCUT2D eigenvalue weighted by molar-refractivity contribution is -0.113. The number of amides is 1. The smallest absolute Gasteiger partial charge is 0.271 e. The van der Waals surface area contributed by atoms with Gasteiger partial charge in [-0.05, 0) is 62.0 Å². The van der Waals surface area contributed by atoms with Gasteiger partial charge in [0.05, 0.1) is 16.3 Å². The summed E-state index contributed by atoms with van der Waals surface area (Å²) in [5.74, 6) is -0.0581. The zero-order valence-corrected chi connectivity index (χ0v) is 18.8. The van der Waals surface area contributed by atoms with Crippen molar-refractivity contribution >= 4 is 51.2 Å². The second-order valence-electron chi connectivity index (χ2n) is 7.92. The summed E-state index contributed by atoms with van der Waals surface area (Å²) >= 11 is 1.42. The number of thioether (sulfide) groups is 1. The molecule has 0 bridgehead atoms. The number of amidine groups is 1. The molecule has 1 fully saturated rings. The van der Waals surface area contributed by atoms with E-state index in [1.54, 1.807) is 4.90 Å². The molecule has 0 unspecified atom stereocenters. The summed E-state index contributed by atoms with van der Waals surface area (Å²) in [7, 11) is 0. The molecule has 32 heavy (non-hydrogen) atoms. The summed E-state index contributed by atoms with van der Waals surface area (Å²) in [6.07, 6.45) is 4.13. The third kappa shape index (κ3) is 3.76. The Kier molecular flexibility index (Phi) is 5.41. The number of hydrogen-bond acceptors (Lipinski definition) is 3. The van der Waals surface area contributed by atoms with E-state index < -0.39 is 0 Å². The fourth-order valence-electron chi connectivity index (χ4n) is 3.88. The van der Waals surface area contributed by atoms with Gasteiger partial charge in [-0.1, -0.05) is 54.6 Å². The molecular weight excluding hydrogens is 414 g/mol. The molecule has 4 aromatic rings. The molecule has 5 rings (SSSR count). The van der Waals surface area contributed by atoms with Gasteiger partial charge in [0.1, 0.15) is 0 Å². The normalized spacial score (nSPS) is 16.7. The highest BCUT2D eigenvalue weighted by atomic mass is 32.2. The highest BCUT2D eigenvalue weighted by Gasteiger charge is 2.35. The van der Waals surface area contributed by atoms with Crippen LogP contribution in [0, 0.1) is 0 Å². The van der Waals surface area contributed by atoms with Gasteiger partial charge in [-0.25, -0.2) is 4.99 Å². The predicted molar refractivity (Wildman–Crippen MR) is 135 cm³/mol. The van der Waals surface area contributed by atoms with Crippen LogP contribution in [0.4, 0.5) is 11.4 Å².